The Bertz CT molecular complexity index is 401. The molecule has 1 heterocycles. The summed E-state index contributed by atoms with van der Waals surface area (Å²) in [5, 5.41) is 13.2. The molecule has 0 fully saturated rings. The molecule has 16 heavy (non-hydrogen) atoms. The summed E-state index contributed by atoms with van der Waals surface area (Å²) >= 11 is 1.60. The number of hydrogen-bond acceptors (Lipinski definition) is 4. The number of carboxylic acids is 1. The van der Waals surface area contributed by atoms with Crippen LogP contribution in [0.2, 0.25) is 0 Å². The molecule has 5 heteroatoms. The van der Waals surface area contributed by atoms with E-state index in [1.807, 2.05) is 0 Å². The smallest absolute Gasteiger partial charge is 0.312 e. The van der Waals surface area contributed by atoms with Gasteiger partial charge >= 0.3 is 5.97 Å². The summed E-state index contributed by atoms with van der Waals surface area (Å²) in [6.07, 6.45) is 2.64. The molecule has 1 aliphatic rings. The number of carboxylic acid groups (broad SMARTS) is 1. The standard InChI is InChI=1S/C11H16N2O2S/c1-6(2)12-11-13-9-7(10(14)15)4-3-5-8(9)16-11/h6-7H,3-5H2,1-2H3,(H,12,13)(H,14,15). The molecule has 4 nitrogen and oxygen atoms in total. The first-order valence-electron chi connectivity index (χ1n) is 5.57. The van der Waals surface area contributed by atoms with Gasteiger partial charge < -0.3 is 10.4 Å². The molecular formula is C11H16N2O2S. The molecule has 0 amide bonds. The third-order valence-corrected chi connectivity index (χ3v) is 3.73. The number of anilines is 1. The first kappa shape index (κ1) is 11.4. The number of aliphatic carboxylic acids is 1. The van der Waals surface area contributed by atoms with Crippen LogP contribution in [0.15, 0.2) is 0 Å². The van der Waals surface area contributed by atoms with Crippen molar-refractivity contribution in [1.82, 2.24) is 4.98 Å². The maximum absolute atomic E-state index is 11.1. The van der Waals surface area contributed by atoms with E-state index < -0.39 is 11.9 Å². The highest BCUT2D eigenvalue weighted by molar-refractivity contribution is 7.15. The molecule has 88 valence electrons. The van der Waals surface area contributed by atoms with Gasteiger partial charge in [0.05, 0.1) is 5.69 Å². The third-order valence-electron chi connectivity index (χ3n) is 2.66. The van der Waals surface area contributed by atoms with Crippen LogP contribution in [-0.2, 0) is 11.2 Å². The summed E-state index contributed by atoms with van der Waals surface area (Å²) < 4.78 is 0. The number of thiazole rings is 1. The van der Waals surface area contributed by atoms with Crippen LogP contribution in [0.4, 0.5) is 5.13 Å². The zero-order valence-corrected chi connectivity index (χ0v) is 10.3. The minimum absolute atomic E-state index is 0.330. The van der Waals surface area contributed by atoms with Crippen molar-refractivity contribution in [2.24, 2.45) is 0 Å². The normalized spacial score (nSPS) is 19.6. The molecular weight excluding hydrogens is 224 g/mol. The van der Waals surface area contributed by atoms with E-state index in [0.717, 1.165) is 28.5 Å². The Hall–Kier alpha value is -1.10. The summed E-state index contributed by atoms with van der Waals surface area (Å²) in [4.78, 5) is 16.7. The Morgan fingerprint density at radius 3 is 3.00 bits per heavy atom. The van der Waals surface area contributed by atoms with Crippen LogP contribution in [0.1, 0.15) is 43.2 Å². The molecule has 2 rings (SSSR count). The quantitative estimate of drug-likeness (QED) is 0.852. The second-order valence-corrected chi connectivity index (χ2v) is 5.49. The summed E-state index contributed by atoms with van der Waals surface area (Å²) in [6, 6.07) is 0.330. The van der Waals surface area contributed by atoms with Crippen LogP contribution in [0, 0.1) is 0 Å². The minimum atomic E-state index is -0.748. The van der Waals surface area contributed by atoms with Crippen molar-refractivity contribution < 1.29 is 9.90 Å². The van der Waals surface area contributed by atoms with E-state index >= 15 is 0 Å². The number of fused-ring (bicyclic) bond motifs is 1. The zero-order valence-electron chi connectivity index (χ0n) is 9.49. The van der Waals surface area contributed by atoms with Crippen molar-refractivity contribution in [3.63, 3.8) is 0 Å². The topological polar surface area (TPSA) is 62.2 Å². The fraction of sp³-hybridized carbons (Fsp3) is 0.636. The molecule has 0 bridgehead atoms. The van der Waals surface area contributed by atoms with Gasteiger partial charge in [-0.3, -0.25) is 4.79 Å². The summed E-state index contributed by atoms with van der Waals surface area (Å²) in [6.45, 7) is 4.10. The second-order valence-electron chi connectivity index (χ2n) is 4.41. The number of aromatic nitrogens is 1. The maximum atomic E-state index is 11.1. The van der Waals surface area contributed by atoms with E-state index in [1.54, 1.807) is 11.3 Å². The average Bonchev–Trinajstić information content (AvgIpc) is 2.57. The highest BCUT2D eigenvalue weighted by Crippen LogP contribution is 2.36. The van der Waals surface area contributed by atoms with Crippen LogP contribution in [0.25, 0.3) is 0 Å². The monoisotopic (exact) mass is 240 g/mol. The van der Waals surface area contributed by atoms with E-state index in [4.69, 9.17) is 5.11 Å². The molecule has 1 unspecified atom stereocenters. The van der Waals surface area contributed by atoms with Gasteiger partial charge in [-0.1, -0.05) is 0 Å². The first-order valence-corrected chi connectivity index (χ1v) is 6.38. The van der Waals surface area contributed by atoms with Gasteiger partial charge in [0.2, 0.25) is 0 Å². The summed E-state index contributed by atoms with van der Waals surface area (Å²) in [5.41, 5.74) is 0.784. The van der Waals surface area contributed by atoms with E-state index in [9.17, 15) is 4.79 Å². The van der Waals surface area contributed by atoms with Gasteiger partial charge in [0.1, 0.15) is 5.92 Å². The van der Waals surface area contributed by atoms with Crippen molar-refractivity contribution in [2.75, 3.05) is 5.32 Å². The number of hydrogen-bond donors (Lipinski definition) is 2. The van der Waals surface area contributed by atoms with Gasteiger partial charge in [-0.05, 0) is 33.1 Å². The van der Waals surface area contributed by atoms with Crippen molar-refractivity contribution in [3.8, 4) is 0 Å². The number of aryl methyl sites for hydroxylation is 1. The molecule has 0 radical (unpaired) electrons. The van der Waals surface area contributed by atoms with Gasteiger partial charge in [-0.2, -0.15) is 0 Å². The fourth-order valence-corrected chi connectivity index (χ4v) is 3.18. The Kier molecular flexibility index (Phi) is 3.14. The number of nitrogens with one attached hydrogen (secondary N) is 1. The van der Waals surface area contributed by atoms with Gasteiger partial charge in [0.15, 0.2) is 5.13 Å². The Balaban J connectivity index is 2.27. The lowest BCUT2D eigenvalue weighted by Gasteiger charge is -2.16. The summed E-state index contributed by atoms with van der Waals surface area (Å²) in [5.74, 6) is -1.15. The van der Waals surface area contributed by atoms with Crippen LogP contribution in [0.3, 0.4) is 0 Å². The number of carbonyl (C=O) groups is 1. The molecule has 1 aromatic rings. The highest BCUT2D eigenvalue weighted by Gasteiger charge is 2.29. The first-order chi connectivity index (χ1) is 7.58. The van der Waals surface area contributed by atoms with Gasteiger partial charge in [0.25, 0.3) is 0 Å². The average molecular weight is 240 g/mol. The number of rotatable bonds is 3. The largest absolute Gasteiger partial charge is 0.481 e. The Labute approximate surface area is 98.7 Å². The molecule has 0 saturated carbocycles. The number of nitrogens with zero attached hydrogens (tertiary/aromatic N) is 1. The maximum Gasteiger partial charge on any atom is 0.312 e. The van der Waals surface area contributed by atoms with Crippen molar-refractivity contribution >= 4 is 22.4 Å². The van der Waals surface area contributed by atoms with Crippen molar-refractivity contribution in [3.05, 3.63) is 10.6 Å². The van der Waals surface area contributed by atoms with Crippen LogP contribution < -0.4 is 5.32 Å². The minimum Gasteiger partial charge on any atom is -0.481 e. The molecule has 1 atom stereocenters. The van der Waals surface area contributed by atoms with Crippen molar-refractivity contribution in [1.29, 1.82) is 0 Å². The van der Waals surface area contributed by atoms with Gasteiger partial charge in [0, 0.05) is 10.9 Å². The second kappa shape index (κ2) is 4.41. The van der Waals surface area contributed by atoms with Gasteiger partial charge in [-0.25, -0.2) is 4.98 Å². The van der Waals surface area contributed by atoms with Crippen LogP contribution in [-0.4, -0.2) is 22.1 Å². The van der Waals surface area contributed by atoms with E-state index in [0.29, 0.717) is 12.5 Å². The Morgan fingerprint density at radius 2 is 2.38 bits per heavy atom. The van der Waals surface area contributed by atoms with Crippen molar-refractivity contribution in [2.45, 2.75) is 45.1 Å². The lowest BCUT2D eigenvalue weighted by molar-refractivity contribution is -0.139. The molecule has 0 saturated heterocycles. The van der Waals surface area contributed by atoms with E-state index in [-0.39, 0.29) is 0 Å². The Morgan fingerprint density at radius 1 is 1.62 bits per heavy atom. The van der Waals surface area contributed by atoms with E-state index in [1.165, 1.54) is 0 Å². The molecule has 0 aliphatic heterocycles. The SMILES string of the molecule is CC(C)Nc1nc2c(s1)CCCC2C(=O)O. The van der Waals surface area contributed by atoms with Crippen LogP contribution in [0.5, 0.6) is 0 Å². The van der Waals surface area contributed by atoms with E-state index in [2.05, 4.69) is 24.1 Å². The zero-order chi connectivity index (χ0) is 11.7. The highest BCUT2D eigenvalue weighted by atomic mass is 32.1. The van der Waals surface area contributed by atoms with Gasteiger partial charge in [-0.15, -0.1) is 11.3 Å². The lowest BCUT2D eigenvalue weighted by atomic mass is 9.91. The molecule has 1 aliphatic carbocycles. The van der Waals surface area contributed by atoms with Crippen LogP contribution >= 0.6 is 11.3 Å². The molecule has 1 aromatic heterocycles. The summed E-state index contributed by atoms with van der Waals surface area (Å²) in [7, 11) is 0. The lowest BCUT2D eigenvalue weighted by Crippen LogP contribution is -2.17. The molecule has 0 aromatic carbocycles. The predicted molar refractivity (Wildman–Crippen MR) is 64.2 cm³/mol. The molecule has 2 N–H and O–H groups in total. The molecule has 0 spiro atoms. The fourth-order valence-electron chi connectivity index (χ4n) is 1.97. The third kappa shape index (κ3) is 2.19. The predicted octanol–water partition coefficient (Wildman–Crippen LogP) is 2.47.